The maximum absolute atomic E-state index is 12.6. The Morgan fingerprint density at radius 3 is 2.58 bits per heavy atom. The second-order valence-electron chi connectivity index (χ2n) is 5.79. The number of hydrogen-bond donors (Lipinski definition) is 0. The van der Waals surface area contributed by atoms with Gasteiger partial charge in [-0.3, -0.25) is 4.79 Å². The van der Waals surface area contributed by atoms with E-state index < -0.39 is 0 Å². The van der Waals surface area contributed by atoms with Gasteiger partial charge in [-0.05, 0) is 13.8 Å². The van der Waals surface area contributed by atoms with Crippen LogP contribution in [0.25, 0.3) is 0 Å². The van der Waals surface area contributed by atoms with Crippen molar-refractivity contribution in [2.45, 2.75) is 19.9 Å². The van der Waals surface area contributed by atoms with Crippen LogP contribution in [0.2, 0.25) is 0 Å². The van der Waals surface area contributed by atoms with Crippen LogP contribution in [0.1, 0.15) is 34.0 Å². The number of morpholine rings is 1. The first-order valence-corrected chi connectivity index (χ1v) is 8.78. The van der Waals surface area contributed by atoms with Gasteiger partial charge in [-0.2, -0.15) is 0 Å². The largest absolute Gasteiger partial charge is 0.378 e. The van der Waals surface area contributed by atoms with E-state index in [1.807, 2.05) is 19.2 Å². The van der Waals surface area contributed by atoms with Crippen LogP contribution in [0.3, 0.4) is 0 Å². The molecule has 1 atom stereocenters. The van der Waals surface area contributed by atoms with Crippen LogP contribution in [0.4, 0.5) is 5.95 Å². The monoisotopic (exact) mass is 347 g/mol. The van der Waals surface area contributed by atoms with E-state index in [2.05, 4.69) is 19.9 Å². The number of thiazole rings is 1. The molecule has 0 spiro atoms. The molecule has 0 unspecified atom stereocenters. The minimum Gasteiger partial charge on any atom is -0.378 e. The van der Waals surface area contributed by atoms with Gasteiger partial charge < -0.3 is 14.5 Å². The molecular weight excluding hydrogens is 326 g/mol. The van der Waals surface area contributed by atoms with Gasteiger partial charge in [-0.1, -0.05) is 0 Å². The summed E-state index contributed by atoms with van der Waals surface area (Å²) in [6.45, 7) is 6.82. The Morgan fingerprint density at radius 2 is 2.00 bits per heavy atom. The van der Waals surface area contributed by atoms with E-state index in [1.54, 1.807) is 35.7 Å². The Balaban J connectivity index is 1.69. The highest BCUT2D eigenvalue weighted by atomic mass is 32.1. The van der Waals surface area contributed by atoms with E-state index in [-0.39, 0.29) is 11.9 Å². The van der Waals surface area contributed by atoms with Gasteiger partial charge in [0.2, 0.25) is 5.95 Å². The third kappa shape index (κ3) is 3.54. The van der Waals surface area contributed by atoms with Crippen molar-refractivity contribution >= 4 is 23.2 Å². The summed E-state index contributed by atoms with van der Waals surface area (Å²) >= 11 is 1.57. The average molecular weight is 347 g/mol. The summed E-state index contributed by atoms with van der Waals surface area (Å²) in [5.74, 6) is 0.532. The zero-order valence-corrected chi connectivity index (χ0v) is 14.9. The maximum Gasteiger partial charge on any atom is 0.257 e. The Labute approximate surface area is 145 Å². The third-order valence-electron chi connectivity index (χ3n) is 4.07. The first-order valence-electron chi connectivity index (χ1n) is 7.90. The molecule has 0 radical (unpaired) electrons. The van der Waals surface area contributed by atoms with E-state index in [1.165, 1.54) is 0 Å². The van der Waals surface area contributed by atoms with Crippen molar-refractivity contribution in [1.29, 1.82) is 0 Å². The minimum atomic E-state index is -0.108. The summed E-state index contributed by atoms with van der Waals surface area (Å²) in [6, 6.07) is -0.0879. The number of amides is 1. The van der Waals surface area contributed by atoms with E-state index in [4.69, 9.17) is 4.74 Å². The number of carbonyl (C=O) groups excluding carboxylic acids is 1. The van der Waals surface area contributed by atoms with Crippen molar-refractivity contribution in [2.24, 2.45) is 0 Å². The molecule has 2 aromatic rings. The van der Waals surface area contributed by atoms with Gasteiger partial charge >= 0.3 is 0 Å². The fourth-order valence-corrected chi connectivity index (χ4v) is 3.36. The molecule has 0 saturated carbocycles. The highest BCUT2D eigenvalue weighted by Crippen LogP contribution is 2.23. The Kier molecular flexibility index (Phi) is 5.06. The number of ether oxygens (including phenoxy) is 1. The number of hydrogen-bond acceptors (Lipinski definition) is 7. The molecule has 1 aliphatic rings. The van der Waals surface area contributed by atoms with Crippen LogP contribution >= 0.6 is 11.3 Å². The van der Waals surface area contributed by atoms with Crippen molar-refractivity contribution < 1.29 is 9.53 Å². The first-order chi connectivity index (χ1) is 11.6. The lowest BCUT2D eigenvalue weighted by atomic mass is 10.2. The van der Waals surface area contributed by atoms with Crippen LogP contribution in [-0.2, 0) is 4.74 Å². The molecule has 0 aromatic carbocycles. The van der Waals surface area contributed by atoms with Crippen molar-refractivity contribution in [3.63, 3.8) is 0 Å². The van der Waals surface area contributed by atoms with Crippen molar-refractivity contribution in [1.82, 2.24) is 19.9 Å². The molecule has 7 nitrogen and oxygen atoms in total. The van der Waals surface area contributed by atoms with Gasteiger partial charge in [-0.25, -0.2) is 15.0 Å². The Hall–Kier alpha value is -2.06. The summed E-state index contributed by atoms with van der Waals surface area (Å²) in [5.41, 5.74) is 1.45. The number of aromatic nitrogens is 3. The standard InChI is InChI=1S/C16H21N5O2S/c1-11-10-24-14(19-11)12(2)20(3)15(22)13-8-17-16(18-9-13)21-4-6-23-7-5-21/h8-10,12H,4-7H2,1-3H3/t12-/m1/s1. The number of rotatable bonds is 4. The lowest BCUT2D eigenvalue weighted by Crippen LogP contribution is -2.37. The predicted molar refractivity (Wildman–Crippen MR) is 92.4 cm³/mol. The fraction of sp³-hybridized carbons (Fsp3) is 0.500. The van der Waals surface area contributed by atoms with Crippen molar-refractivity contribution in [3.8, 4) is 0 Å². The van der Waals surface area contributed by atoms with Gasteiger partial charge in [0.25, 0.3) is 5.91 Å². The third-order valence-corrected chi connectivity index (χ3v) is 5.21. The first kappa shape index (κ1) is 16.8. The zero-order chi connectivity index (χ0) is 17.1. The van der Waals surface area contributed by atoms with Crippen LogP contribution < -0.4 is 4.90 Å². The lowest BCUT2D eigenvalue weighted by Gasteiger charge is -2.27. The van der Waals surface area contributed by atoms with E-state index in [0.717, 1.165) is 23.8 Å². The molecule has 3 rings (SSSR count). The summed E-state index contributed by atoms with van der Waals surface area (Å²) in [7, 11) is 1.78. The molecular formula is C16H21N5O2S. The van der Waals surface area contributed by atoms with Crippen LogP contribution in [0.5, 0.6) is 0 Å². The smallest absolute Gasteiger partial charge is 0.257 e. The van der Waals surface area contributed by atoms with Crippen LogP contribution in [-0.4, -0.2) is 59.1 Å². The van der Waals surface area contributed by atoms with E-state index in [0.29, 0.717) is 24.7 Å². The molecule has 128 valence electrons. The summed E-state index contributed by atoms with van der Waals surface area (Å²) in [6.07, 6.45) is 3.19. The molecule has 2 aromatic heterocycles. The van der Waals surface area contributed by atoms with E-state index in [9.17, 15) is 4.79 Å². The average Bonchev–Trinajstić information content (AvgIpc) is 3.07. The summed E-state index contributed by atoms with van der Waals surface area (Å²) in [4.78, 5) is 29.5. The molecule has 0 bridgehead atoms. The number of carbonyl (C=O) groups is 1. The molecule has 0 aliphatic carbocycles. The second-order valence-corrected chi connectivity index (χ2v) is 6.68. The molecule has 3 heterocycles. The van der Waals surface area contributed by atoms with Gasteiger partial charge in [0, 0.05) is 43.6 Å². The normalized spacial score (nSPS) is 16.0. The lowest BCUT2D eigenvalue weighted by molar-refractivity contribution is 0.0741. The topological polar surface area (TPSA) is 71.5 Å². The van der Waals surface area contributed by atoms with Crippen molar-refractivity contribution in [3.05, 3.63) is 34.0 Å². The molecule has 8 heteroatoms. The molecule has 0 N–H and O–H groups in total. The molecule has 24 heavy (non-hydrogen) atoms. The predicted octanol–water partition coefficient (Wildman–Crippen LogP) is 1.91. The highest BCUT2D eigenvalue weighted by Gasteiger charge is 2.22. The molecule has 1 aliphatic heterocycles. The minimum absolute atomic E-state index is 0.0879. The number of nitrogens with zero attached hydrogens (tertiary/aromatic N) is 5. The Bertz CT molecular complexity index is 697. The maximum atomic E-state index is 12.6. The van der Waals surface area contributed by atoms with Gasteiger partial charge in [0.1, 0.15) is 5.01 Å². The summed E-state index contributed by atoms with van der Waals surface area (Å²) in [5, 5.41) is 2.92. The van der Waals surface area contributed by atoms with Crippen molar-refractivity contribution in [2.75, 3.05) is 38.3 Å². The highest BCUT2D eigenvalue weighted by molar-refractivity contribution is 7.09. The van der Waals surface area contributed by atoms with E-state index >= 15 is 0 Å². The van der Waals surface area contributed by atoms with Gasteiger partial charge in [0.05, 0.1) is 24.8 Å². The molecule has 1 amide bonds. The number of aryl methyl sites for hydroxylation is 1. The Morgan fingerprint density at radius 1 is 1.33 bits per heavy atom. The van der Waals surface area contributed by atoms with Crippen LogP contribution in [0, 0.1) is 6.92 Å². The summed E-state index contributed by atoms with van der Waals surface area (Å²) < 4.78 is 5.32. The quantitative estimate of drug-likeness (QED) is 0.841. The second kappa shape index (κ2) is 7.23. The number of anilines is 1. The molecule has 1 fully saturated rings. The SMILES string of the molecule is Cc1csc([C@@H](C)N(C)C(=O)c2cnc(N3CCOCC3)nc2)n1. The zero-order valence-electron chi connectivity index (χ0n) is 14.1. The van der Waals surface area contributed by atoms with Gasteiger partial charge in [0.15, 0.2) is 0 Å². The fourth-order valence-electron chi connectivity index (χ4n) is 2.47. The van der Waals surface area contributed by atoms with Crippen LogP contribution in [0.15, 0.2) is 17.8 Å². The van der Waals surface area contributed by atoms with Gasteiger partial charge in [-0.15, -0.1) is 11.3 Å². The molecule has 1 saturated heterocycles.